The fourth-order valence-corrected chi connectivity index (χ4v) is 5.21. The second-order valence-electron chi connectivity index (χ2n) is 10.9. The summed E-state index contributed by atoms with van der Waals surface area (Å²) in [6.45, 7) is 16.7. The topological polar surface area (TPSA) is 73.7 Å². The zero-order valence-corrected chi connectivity index (χ0v) is 22.8. The summed E-state index contributed by atoms with van der Waals surface area (Å²) < 4.78 is 13.6. The van der Waals surface area contributed by atoms with Crippen LogP contribution in [-0.2, 0) is 16.2 Å². The molecule has 33 heavy (non-hydrogen) atoms. The highest BCUT2D eigenvalue weighted by Gasteiger charge is 2.25. The molecule has 1 aliphatic rings. The van der Waals surface area contributed by atoms with E-state index in [-0.39, 0.29) is 11.9 Å². The Hall–Kier alpha value is -1.97. The van der Waals surface area contributed by atoms with Gasteiger partial charge in [0.25, 0.3) is 0 Å². The number of likely N-dealkylation sites (tertiary alicyclic amines) is 1. The van der Waals surface area contributed by atoms with Crippen LogP contribution >= 0.6 is 11.3 Å². The highest BCUT2D eigenvalue weighted by molar-refractivity contribution is 7.20. The van der Waals surface area contributed by atoms with E-state index in [0.717, 1.165) is 41.7 Å². The smallest absolute Gasteiger partial charge is 0.410 e. The highest BCUT2D eigenvalue weighted by atomic mass is 32.1. The van der Waals surface area contributed by atoms with Gasteiger partial charge in [-0.05, 0) is 58.7 Å². The van der Waals surface area contributed by atoms with E-state index in [0.29, 0.717) is 24.7 Å². The Bertz CT molecular complexity index is 1030. The molecule has 3 heterocycles. The Kier molecular flexibility index (Phi) is 7.86. The van der Waals surface area contributed by atoms with Crippen LogP contribution in [0.2, 0.25) is 25.7 Å². The summed E-state index contributed by atoms with van der Waals surface area (Å²) in [5.74, 6) is 0.902. The van der Waals surface area contributed by atoms with E-state index < -0.39 is 13.7 Å². The molecule has 0 atom stereocenters. The summed E-state index contributed by atoms with van der Waals surface area (Å²) in [6, 6.07) is 3.02. The van der Waals surface area contributed by atoms with E-state index >= 15 is 0 Å². The van der Waals surface area contributed by atoms with E-state index in [1.165, 1.54) is 16.9 Å². The Morgan fingerprint density at radius 1 is 1.21 bits per heavy atom. The summed E-state index contributed by atoms with van der Waals surface area (Å²) in [5, 5.41) is 0. The number of fused-ring (bicyclic) bond motifs is 1. The lowest BCUT2D eigenvalue weighted by Crippen LogP contribution is -2.40. The third-order valence-corrected chi connectivity index (χ3v) is 8.25. The second-order valence-corrected chi connectivity index (χ2v) is 17.5. The molecule has 3 rings (SSSR count). The van der Waals surface area contributed by atoms with Crippen LogP contribution in [0.4, 0.5) is 4.79 Å². The minimum atomic E-state index is -1.17. The number of thiophene rings is 1. The Morgan fingerprint density at radius 2 is 1.88 bits per heavy atom. The molecule has 1 saturated heterocycles. The molecule has 0 bridgehead atoms. The van der Waals surface area contributed by atoms with Gasteiger partial charge in [-0.15, -0.1) is 11.3 Å². The van der Waals surface area contributed by atoms with Crippen LogP contribution in [0.1, 0.15) is 56.0 Å². The van der Waals surface area contributed by atoms with Crippen molar-refractivity contribution >= 4 is 47.7 Å². The van der Waals surface area contributed by atoms with E-state index in [4.69, 9.17) is 14.5 Å². The van der Waals surface area contributed by atoms with Crippen molar-refractivity contribution in [3.63, 3.8) is 0 Å². The molecule has 182 valence electrons. The zero-order valence-electron chi connectivity index (χ0n) is 21.0. The highest BCUT2D eigenvalue weighted by Crippen LogP contribution is 2.29. The van der Waals surface area contributed by atoms with Gasteiger partial charge in [-0.1, -0.05) is 25.2 Å². The summed E-state index contributed by atoms with van der Waals surface area (Å²) in [5.41, 5.74) is 1.71. The molecule has 0 spiro atoms. The fraction of sp³-hybridized carbons (Fsp3) is 0.625. The second kappa shape index (κ2) is 10.1. The number of carbonyl (C=O) groups excluding carboxylic acids is 2. The first-order chi connectivity index (χ1) is 15.3. The number of hydrogen-bond donors (Lipinski definition) is 0. The van der Waals surface area contributed by atoms with Crippen LogP contribution in [0.15, 0.2) is 11.6 Å². The maximum absolute atomic E-state index is 12.3. The molecule has 0 aromatic carbocycles. The van der Waals surface area contributed by atoms with Crippen molar-refractivity contribution in [1.82, 2.24) is 14.5 Å². The van der Waals surface area contributed by atoms with Gasteiger partial charge in [0, 0.05) is 27.8 Å². The predicted octanol–water partition coefficient (Wildman–Crippen LogP) is 6.03. The lowest BCUT2D eigenvalue weighted by atomic mass is 10.0. The van der Waals surface area contributed by atoms with E-state index in [9.17, 15) is 9.59 Å². The zero-order chi connectivity index (χ0) is 24.4. The normalized spacial score (nSPS) is 15.2. The number of hydrogen-bond acceptors (Lipinski definition) is 6. The quantitative estimate of drug-likeness (QED) is 0.269. The van der Waals surface area contributed by atoms with Gasteiger partial charge in [0.05, 0.1) is 10.4 Å². The molecule has 0 N–H and O–H groups in total. The summed E-state index contributed by atoms with van der Waals surface area (Å²) in [4.78, 5) is 32.4. The summed E-state index contributed by atoms with van der Waals surface area (Å²) >= 11 is 1.43. The van der Waals surface area contributed by atoms with Crippen LogP contribution in [0.3, 0.4) is 0 Å². The number of amides is 1. The minimum absolute atomic E-state index is 0.0543. The molecule has 0 aliphatic carbocycles. The first kappa shape index (κ1) is 25.6. The van der Waals surface area contributed by atoms with Crippen LogP contribution in [0, 0.1) is 0 Å². The van der Waals surface area contributed by atoms with Crippen LogP contribution in [0.25, 0.3) is 16.4 Å². The fourth-order valence-electron chi connectivity index (χ4n) is 3.52. The monoisotopic (exact) mass is 491 g/mol. The van der Waals surface area contributed by atoms with Crippen molar-refractivity contribution in [2.24, 2.45) is 0 Å². The van der Waals surface area contributed by atoms with Gasteiger partial charge in [-0.25, -0.2) is 9.78 Å². The summed E-state index contributed by atoms with van der Waals surface area (Å²) in [7, 11) is -1.17. The van der Waals surface area contributed by atoms with E-state index in [1.54, 1.807) is 11.8 Å². The van der Waals surface area contributed by atoms with Gasteiger partial charge in [0.15, 0.2) is 5.78 Å². The molecular weight excluding hydrogens is 454 g/mol. The molecule has 1 fully saturated rings. The molecule has 1 aliphatic heterocycles. The van der Waals surface area contributed by atoms with Gasteiger partial charge in [-0.3, -0.25) is 9.36 Å². The predicted molar refractivity (Wildman–Crippen MR) is 137 cm³/mol. The molecule has 0 unspecified atom stereocenters. The van der Waals surface area contributed by atoms with Crippen molar-refractivity contribution in [3.8, 4) is 0 Å². The van der Waals surface area contributed by atoms with Crippen molar-refractivity contribution in [2.45, 2.75) is 78.6 Å². The molecule has 2 aromatic rings. The first-order valence-corrected chi connectivity index (χ1v) is 16.1. The van der Waals surface area contributed by atoms with E-state index in [2.05, 4.69) is 30.3 Å². The molecule has 7 nitrogen and oxygen atoms in total. The van der Waals surface area contributed by atoms with Gasteiger partial charge in [0.2, 0.25) is 0 Å². The maximum atomic E-state index is 12.3. The molecule has 9 heteroatoms. The van der Waals surface area contributed by atoms with E-state index in [1.807, 2.05) is 26.8 Å². The van der Waals surface area contributed by atoms with Crippen molar-refractivity contribution < 1.29 is 19.1 Å². The summed E-state index contributed by atoms with van der Waals surface area (Å²) in [6.07, 6.45) is 3.44. The van der Waals surface area contributed by atoms with Gasteiger partial charge < -0.3 is 14.4 Å². The van der Waals surface area contributed by atoms with Crippen molar-refractivity contribution in [2.75, 3.05) is 19.7 Å². The molecular formula is C24H37N3O4SSi. The Labute approximate surface area is 201 Å². The average Bonchev–Trinajstić information content (AvgIpc) is 3.22. The number of ether oxygens (including phenoxy) is 2. The minimum Gasteiger partial charge on any atom is -0.444 e. The number of carbonyl (C=O) groups is 2. The SMILES string of the molecule is CC(=O)c1cc2c(nc(C=C3CCN(C(=O)OC(C)(C)C)CC3)n2COCC[Si](C)(C)C)s1. The lowest BCUT2D eigenvalue weighted by Gasteiger charge is -2.31. The van der Waals surface area contributed by atoms with Crippen LogP contribution in [-0.4, -0.2) is 59.7 Å². The van der Waals surface area contributed by atoms with Gasteiger partial charge in [0.1, 0.15) is 23.0 Å². The van der Waals surface area contributed by atoms with Crippen LogP contribution in [0.5, 0.6) is 0 Å². The standard InChI is InChI=1S/C24H37N3O4SSi/c1-17(28)20-15-19-22(32-20)25-21(27(19)16-30-12-13-33(5,6)7)14-18-8-10-26(11-9-18)23(29)31-24(2,3)4/h14-15H,8-13,16H2,1-7H3. The van der Waals surface area contributed by atoms with Crippen LogP contribution < -0.4 is 0 Å². The molecule has 0 radical (unpaired) electrons. The van der Waals surface area contributed by atoms with Crippen molar-refractivity contribution in [3.05, 3.63) is 22.3 Å². The number of ketones is 1. The number of imidazole rings is 1. The first-order valence-electron chi connectivity index (χ1n) is 11.6. The average molecular weight is 492 g/mol. The van der Waals surface area contributed by atoms with Crippen molar-refractivity contribution in [1.29, 1.82) is 0 Å². The molecule has 1 amide bonds. The Balaban J connectivity index is 1.75. The largest absolute Gasteiger partial charge is 0.444 e. The van der Waals surface area contributed by atoms with Gasteiger partial charge in [-0.2, -0.15) is 0 Å². The third-order valence-electron chi connectivity index (χ3n) is 5.43. The third kappa shape index (κ3) is 7.25. The molecule has 0 saturated carbocycles. The maximum Gasteiger partial charge on any atom is 0.410 e. The number of nitrogens with zero attached hydrogens (tertiary/aromatic N) is 3. The number of piperidine rings is 1. The Morgan fingerprint density at radius 3 is 2.45 bits per heavy atom. The number of aromatic nitrogens is 2. The number of rotatable bonds is 7. The van der Waals surface area contributed by atoms with Gasteiger partial charge >= 0.3 is 6.09 Å². The molecule has 2 aromatic heterocycles. The lowest BCUT2D eigenvalue weighted by molar-refractivity contribution is 0.0236. The number of Topliss-reactive ketones (excluding diaryl/α,β-unsaturated/α-hetero) is 1.